The van der Waals surface area contributed by atoms with E-state index in [0.717, 1.165) is 6.42 Å². The summed E-state index contributed by atoms with van der Waals surface area (Å²) >= 11 is 0. The summed E-state index contributed by atoms with van der Waals surface area (Å²) in [6, 6.07) is 0. The summed E-state index contributed by atoms with van der Waals surface area (Å²) in [5.74, 6) is -1.63. The lowest BCUT2D eigenvalue weighted by atomic mass is 9.91. The molecule has 0 radical (unpaired) electrons. The molecule has 1 aliphatic rings. The number of hydrogen-bond acceptors (Lipinski definition) is 3. The summed E-state index contributed by atoms with van der Waals surface area (Å²) in [5.41, 5.74) is 2.90. The van der Waals surface area contributed by atoms with Crippen molar-refractivity contribution in [1.29, 1.82) is 0 Å². The van der Waals surface area contributed by atoms with Crippen molar-refractivity contribution in [2.45, 2.75) is 58.5 Å². The number of unbranched alkanes of at least 4 members (excludes halogenated alkanes) is 4. The summed E-state index contributed by atoms with van der Waals surface area (Å²) < 4.78 is 0. The average Bonchev–Trinajstić information content (AvgIpc) is 2.93. The number of aliphatic hydroxyl groups is 1. The van der Waals surface area contributed by atoms with Gasteiger partial charge in [-0.3, -0.25) is 4.79 Å². The standard InChI is InChI=1S/C21H30O4/c1-3-4-5-6-7-8-12-17-14-15-19(22)18(17)13-10-9-11-16(2)20(23)21(24)25/h8,10-12,14-18,20,23H,3-7,13H2,1-2H3,(H,24,25)/t9?,16?,17-,18+,20?/m0/s1. The smallest absolute Gasteiger partial charge is 0.333 e. The van der Waals surface area contributed by atoms with Gasteiger partial charge in [-0.1, -0.05) is 51.3 Å². The van der Waals surface area contributed by atoms with E-state index in [4.69, 9.17) is 5.11 Å². The third-order valence-corrected chi connectivity index (χ3v) is 4.50. The number of carbonyl (C=O) groups excluding carboxylic acids is 1. The first-order valence-electron chi connectivity index (χ1n) is 9.18. The van der Waals surface area contributed by atoms with Crippen LogP contribution in [0.3, 0.4) is 0 Å². The Labute approximate surface area is 150 Å². The van der Waals surface area contributed by atoms with E-state index in [1.54, 1.807) is 19.1 Å². The van der Waals surface area contributed by atoms with E-state index in [1.807, 2.05) is 6.08 Å². The molecule has 0 saturated heterocycles. The number of ketones is 1. The Morgan fingerprint density at radius 1 is 1.36 bits per heavy atom. The van der Waals surface area contributed by atoms with Crippen LogP contribution in [0.1, 0.15) is 52.4 Å². The van der Waals surface area contributed by atoms with Gasteiger partial charge in [0.2, 0.25) is 0 Å². The molecule has 0 fully saturated rings. The van der Waals surface area contributed by atoms with Gasteiger partial charge in [-0.05, 0) is 37.5 Å². The molecule has 4 heteroatoms. The summed E-state index contributed by atoms with van der Waals surface area (Å²) in [7, 11) is 0. The quantitative estimate of drug-likeness (QED) is 0.336. The molecule has 0 heterocycles. The molecule has 138 valence electrons. The molecule has 0 saturated carbocycles. The van der Waals surface area contributed by atoms with Crippen molar-refractivity contribution >= 4 is 11.8 Å². The second kappa shape index (κ2) is 11.6. The Bertz CT molecular complexity index is 552. The fourth-order valence-corrected chi connectivity index (χ4v) is 2.80. The van der Waals surface area contributed by atoms with E-state index >= 15 is 0 Å². The highest BCUT2D eigenvalue weighted by atomic mass is 16.4. The van der Waals surface area contributed by atoms with Crippen molar-refractivity contribution in [3.8, 4) is 0 Å². The van der Waals surface area contributed by atoms with E-state index < -0.39 is 18.0 Å². The molecule has 0 bridgehead atoms. The Morgan fingerprint density at radius 3 is 2.80 bits per heavy atom. The molecule has 0 amide bonds. The maximum absolute atomic E-state index is 12.0. The van der Waals surface area contributed by atoms with Crippen LogP contribution < -0.4 is 0 Å². The third-order valence-electron chi connectivity index (χ3n) is 4.50. The SMILES string of the molecule is CCCCCCC=C[C@H]1C=CC(=O)[C@@H]1CC=C=CC(C)C(O)C(=O)O. The normalized spacial score (nSPS) is 22.0. The van der Waals surface area contributed by atoms with Crippen LogP contribution in [-0.2, 0) is 9.59 Å². The fraction of sp³-hybridized carbons (Fsp3) is 0.571. The molecule has 1 aliphatic carbocycles. The van der Waals surface area contributed by atoms with Crippen LogP contribution >= 0.6 is 0 Å². The van der Waals surface area contributed by atoms with Gasteiger partial charge in [-0.25, -0.2) is 4.79 Å². The number of aliphatic carboxylic acids is 1. The first-order valence-corrected chi connectivity index (χ1v) is 9.18. The van der Waals surface area contributed by atoms with Crippen LogP contribution in [-0.4, -0.2) is 28.1 Å². The van der Waals surface area contributed by atoms with Crippen molar-refractivity contribution in [2.24, 2.45) is 17.8 Å². The number of aliphatic hydroxyl groups excluding tert-OH is 1. The van der Waals surface area contributed by atoms with Gasteiger partial charge in [-0.2, -0.15) is 0 Å². The highest BCUT2D eigenvalue weighted by Gasteiger charge is 2.26. The third kappa shape index (κ3) is 7.68. The van der Waals surface area contributed by atoms with Gasteiger partial charge in [0.25, 0.3) is 0 Å². The number of carboxylic acids is 1. The summed E-state index contributed by atoms with van der Waals surface area (Å²) in [4.78, 5) is 22.7. The first kappa shape index (κ1) is 21.1. The lowest BCUT2D eigenvalue weighted by Crippen LogP contribution is -2.25. The van der Waals surface area contributed by atoms with Crippen molar-refractivity contribution in [3.05, 3.63) is 42.2 Å². The largest absolute Gasteiger partial charge is 0.479 e. The number of allylic oxidation sites excluding steroid dienone is 4. The minimum absolute atomic E-state index is 0.104. The Hall–Kier alpha value is -1.90. The van der Waals surface area contributed by atoms with Crippen LogP contribution in [0.5, 0.6) is 0 Å². The molecule has 0 aromatic heterocycles. The Balaban J connectivity index is 2.49. The highest BCUT2D eigenvalue weighted by Crippen LogP contribution is 2.27. The van der Waals surface area contributed by atoms with Gasteiger partial charge in [0.1, 0.15) is 0 Å². The van der Waals surface area contributed by atoms with Crippen LogP contribution in [0.25, 0.3) is 0 Å². The van der Waals surface area contributed by atoms with Crippen LogP contribution in [0.2, 0.25) is 0 Å². The first-order chi connectivity index (χ1) is 12.0. The molecular formula is C21H30O4. The van der Waals surface area contributed by atoms with E-state index in [-0.39, 0.29) is 17.6 Å². The van der Waals surface area contributed by atoms with E-state index in [2.05, 4.69) is 24.8 Å². The maximum Gasteiger partial charge on any atom is 0.333 e. The van der Waals surface area contributed by atoms with Gasteiger partial charge in [0, 0.05) is 17.8 Å². The number of carbonyl (C=O) groups is 2. The molecule has 0 spiro atoms. The molecule has 1 rings (SSSR count). The molecule has 4 atom stereocenters. The van der Waals surface area contributed by atoms with Crippen molar-refractivity contribution in [1.82, 2.24) is 0 Å². The van der Waals surface area contributed by atoms with Crippen molar-refractivity contribution in [3.63, 3.8) is 0 Å². The van der Waals surface area contributed by atoms with E-state index in [1.165, 1.54) is 31.8 Å². The minimum atomic E-state index is -1.43. The fourth-order valence-electron chi connectivity index (χ4n) is 2.80. The van der Waals surface area contributed by atoms with Crippen molar-refractivity contribution < 1.29 is 19.8 Å². The zero-order valence-electron chi connectivity index (χ0n) is 15.2. The van der Waals surface area contributed by atoms with Gasteiger partial charge >= 0.3 is 5.97 Å². The van der Waals surface area contributed by atoms with Gasteiger partial charge in [0.15, 0.2) is 11.9 Å². The molecular weight excluding hydrogens is 316 g/mol. The Kier molecular flexibility index (Phi) is 9.83. The minimum Gasteiger partial charge on any atom is -0.479 e. The van der Waals surface area contributed by atoms with Crippen LogP contribution in [0.4, 0.5) is 0 Å². The van der Waals surface area contributed by atoms with Gasteiger partial charge < -0.3 is 10.2 Å². The monoisotopic (exact) mass is 346 g/mol. The molecule has 2 unspecified atom stereocenters. The second-order valence-corrected chi connectivity index (χ2v) is 6.64. The predicted octanol–water partition coefficient (Wildman–Crippen LogP) is 4.07. The molecule has 4 nitrogen and oxygen atoms in total. The number of carboxylic acid groups (broad SMARTS) is 1. The topological polar surface area (TPSA) is 74.6 Å². The maximum atomic E-state index is 12.0. The molecule has 0 aromatic rings. The lowest BCUT2D eigenvalue weighted by molar-refractivity contribution is -0.148. The van der Waals surface area contributed by atoms with Gasteiger partial charge in [0.05, 0.1) is 0 Å². The zero-order chi connectivity index (χ0) is 18.7. The second-order valence-electron chi connectivity index (χ2n) is 6.64. The van der Waals surface area contributed by atoms with Crippen LogP contribution in [0, 0.1) is 17.8 Å². The predicted molar refractivity (Wildman–Crippen MR) is 99.1 cm³/mol. The molecule has 2 N–H and O–H groups in total. The van der Waals surface area contributed by atoms with E-state index in [0.29, 0.717) is 6.42 Å². The summed E-state index contributed by atoms with van der Waals surface area (Å²) in [6.45, 7) is 3.81. The van der Waals surface area contributed by atoms with Crippen LogP contribution in [0.15, 0.2) is 42.2 Å². The molecule has 0 aliphatic heterocycles. The summed E-state index contributed by atoms with van der Waals surface area (Å²) in [5, 5.41) is 18.1. The Morgan fingerprint density at radius 2 is 2.12 bits per heavy atom. The molecule has 25 heavy (non-hydrogen) atoms. The number of hydrogen-bond donors (Lipinski definition) is 2. The number of rotatable bonds is 11. The molecule has 0 aromatic carbocycles. The lowest BCUT2D eigenvalue weighted by Gasteiger charge is -2.12. The van der Waals surface area contributed by atoms with Crippen molar-refractivity contribution in [2.75, 3.05) is 0 Å². The van der Waals surface area contributed by atoms with Gasteiger partial charge in [-0.15, -0.1) is 5.73 Å². The summed E-state index contributed by atoms with van der Waals surface area (Å²) in [6.07, 6.45) is 16.3. The van der Waals surface area contributed by atoms with E-state index in [9.17, 15) is 14.7 Å². The highest BCUT2D eigenvalue weighted by molar-refractivity contribution is 5.95. The average molecular weight is 346 g/mol. The zero-order valence-corrected chi connectivity index (χ0v) is 15.2.